The lowest BCUT2D eigenvalue weighted by Crippen LogP contribution is -2.18. The summed E-state index contributed by atoms with van der Waals surface area (Å²) in [7, 11) is 9.46. The molecule has 0 radical (unpaired) electrons. The Hall–Kier alpha value is -6.58. The van der Waals surface area contributed by atoms with Crippen molar-refractivity contribution in [1.82, 2.24) is 0 Å². The number of hydrogen-bond acceptors (Lipinski definition) is 16. The minimum absolute atomic E-state index is 0.234. The van der Waals surface area contributed by atoms with Gasteiger partial charge in [0.05, 0.1) is 90.3 Å². The van der Waals surface area contributed by atoms with Crippen LogP contribution in [0.15, 0.2) is 60.7 Å². The Morgan fingerprint density at radius 3 is 0.774 bits per heavy atom. The van der Waals surface area contributed by atoms with Gasteiger partial charge in [-0.2, -0.15) is 0 Å². The van der Waals surface area contributed by atoms with Crippen LogP contribution in [0.2, 0.25) is 0 Å². The van der Waals surface area contributed by atoms with Crippen molar-refractivity contribution in [3.63, 3.8) is 0 Å². The van der Waals surface area contributed by atoms with E-state index in [1.165, 1.54) is 63.8 Å². The number of rotatable bonds is 8. The highest BCUT2D eigenvalue weighted by molar-refractivity contribution is 6.10. The molecule has 0 unspecified atom stereocenters. The van der Waals surface area contributed by atoms with Gasteiger partial charge < -0.3 is 37.9 Å². The Morgan fingerprint density at radius 2 is 0.585 bits per heavy atom. The molecule has 16 nitrogen and oxygen atoms in total. The van der Waals surface area contributed by atoms with Crippen LogP contribution in [0.5, 0.6) is 0 Å². The highest BCUT2D eigenvalue weighted by Gasteiger charge is 2.27. The molecule has 0 saturated heterocycles. The van der Waals surface area contributed by atoms with Gasteiger partial charge >= 0.3 is 47.8 Å². The first-order valence-corrected chi connectivity index (χ1v) is 15.0. The predicted molar refractivity (Wildman–Crippen MR) is 185 cm³/mol. The number of ether oxygens (including phenoxy) is 8. The van der Waals surface area contributed by atoms with Crippen molar-refractivity contribution >= 4 is 47.8 Å². The molecule has 0 saturated carbocycles. The van der Waals surface area contributed by atoms with Crippen molar-refractivity contribution in [2.75, 3.05) is 56.9 Å². The number of carbonyl (C=O) groups is 8. The molecule has 0 aliphatic carbocycles. The molecule has 0 fully saturated rings. The van der Waals surface area contributed by atoms with E-state index >= 15 is 0 Å². The summed E-state index contributed by atoms with van der Waals surface area (Å²) in [5.41, 5.74) is 2.53. The lowest BCUT2D eigenvalue weighted by atomic mass is 9.98. The smallest absolute Gasteiger partial charge is 0.338 e. The molecule has 0 N–H and O–H groups in total. The topological polar surface area (TPSA) is 210 Å². The third-order valence-electron chi connectivity index (χ3n) is 6.47. The summed E-state index contributed by atoms with van der Waals surface area (Å²) in [5.74, 6) is -5.51. The maximum atomic E-state index is 11.8. The fourth-order valence-corrected chi connectivity index (χ4v) is 3.59. The van der Waals surface area contributed by atoms with Gasteiger partial charge in [-0.05, 0) is 50.2 Å². The molecule has 16 heteroatoms. The lowest BCUT2D eigenvalue weighted by molar-refractivity contribution is -0.151. The molecule has 3 rings (SSSR count). The molecule has 0 aromatic heterocycles. The van der Waals surface area contributed by atoms with E-state index in [1.807, 2.05) is 0 Å². The van der Waals surface area contributed by atoms with Crippen molar-refractivity contribution in [3.05, 3.63) is 105 Å². The number of hydrogen-bond donors (Lipinski definition) is 0. The lowest BCUT2D eigenvalue weighted by Gasteiger charge is -2.12. The zero-order valence-electron chi connectivity index (χ0n) is 31.0. The van der Waals surface area contributed by atoms with Crippen LogP contribution in [0.25, 0.3) is 0 Å². The predicted octanol–water partition coefficient (Wildman–Crippen LogP) is 4.12. The number of aryl methyl sites for hydroxylation is 2. The second-order valence-corrected chi connectivity index (χ2v) is 9.95. The maximum absolute atomic E-state index is 11.8. The van der Waals surface area contributed by atoms with E-state index in [0.29, 0.717) is 11.1 Å². The molecular weight excluding hydrogens is 700 g/mol. The fraction of sp³-hybridized carbons (Fsp3) is 0.297. The first-order valence-electron chi connectivity index (χ1n) is 15.0. The van der Waals surface area contributed by atoms with Crippen LogP contribution in [-0.4, -0.2) is 105 Å². The quantitative estimate of drug-likeness (QED) is 0.180. The average molecular weight is 743 g/mol. The summed E-state index contributed by atoms with van der Waals surface area (Å²) in [6, 6.07) is 16.6. The number of carbonyl (C=O) groups excluding carboxylic acids is 8. The van der Waals surface area contributed by atoms with Gasteiger partial charge in [0.25, 0.3) is 0 Å². The first-order chi connectivity index (χ1) is 25.1. The SMILES string of the molecule is COC(=O)CC(=O)OC.COC(=O)c1cc(C(=O)OC)c(C(=O)OC)cc1C(=O)OC.COC(=O)c1ccc(C(=O)OC)cc1.Cc1ccc(C)cc1. The van der Waals surface area contributed by atoms with E-state index in [-0.39, 0.29) is 28.7 Å². The zero-order chi connectivity index (χ0) is 40.7. The van der Waals surface area contributed by atoms with E-state index in [2.05, 4.69) is 76.0 Å². The van der Waals surface area contributed by atoms with Crippen LogP contribution in [0.1, 0.15) is 79.7 Å². The van der Waals surface area contributed by atoms with Crippen LogP contribution >= 0.6 is 0 Å². The Morgan fingerprint density at radius 1 is 0.358 bits per heavy atom. The van der Waals surface area contributed by atoms with Crippen molar-refractivity contribution in [2.24, 2.45) is 0 Å². The van der Waals surface area contributed by atoms with Crippen LogP contribution in [0.4, 0.5) is 0 Å². The van der Waals surface area contributed by atoms with E-state index < -0.39 is 47.8 Å². The van der Waals surface area contributed by atoms with E-state index in [9.17, 15) is 38.4 Å². The second kappa shape index (κ2) is 24.5. The Labute approximate surface area is 306 Å². The molecule has 53 heavy (non-hydrogen) atoms. The van der Waals surface area contributed by atoms with Gasteiger partial charge in [-0.15, -0.1) is 0 Å². The summed E-state index contributed by atoms with van der Waals surface area (Å²) in [6.07, 6.45) is -0.312. The third-order valence-corrected chi connectivity index (χ3v) is 6.47. The van der Waals surface area contributed by atoms with E-state index in [0.717, 1.165) is 40.6 Å². The zero-order valence-corrected chi connectivity index (χ0v) is 31.0. The maximum Gasteiger partial charge on any atom is 0.338 e. The summed E-state index contributed by atoms with van der Waals surface area (Å²) < 4.78 is 35.6. The molecule has 0 atom stereocenters. The highest BCUT2D eigenvalue weighted by Crippen LogP contribution is 2.21. The van der Waals surface area contributed by atoms with Crippen LogP contribution in [-0.2, 0) is 47.5 Å². The normalized spacial score (nSPS) is 9.25. The van der Waals surface area contributed by atoms with Crippen molar-refractivity contribution in [2.45, 2.75) is 20.3 Å². The summed E-state index contributed by atoms with van der Waals surface area (Å²) in [6.45, 7) is 4.19. The molecule has 0 aliphatic rings. The van der Waals surface area contributed by atoms with Gasteiger partial charge in [0.1, 0.15) is 6.42 Å². The van der Waals surface area contributed by atoms with Crippen LogP contribution in [0.3, 0.4) is 0 Å². The average Bonchev–Trinajstić information content (AvgIpc) is 3.20. The summed E-state index contributed by atoms with van der Waals surface area (Å²) in [4.78, 5) is 89.6. The third kappa shape index (κ3) is 15.9. The number of methoxy groups -OCH3 is 8. The van der Waals surface area contributed by atoms with E-state index in [1.54, 1.807) is 0 Å². The largest absolute Gasteiger partial charge is 0.469 e. The molecule has 0 spiro atoms. The van der Waals surface area contributed by atoms with Gasteiger partial charge in [-0.3, -0.25) is 9.59 Å². The highest BCUT2D eigenvalue weighted by atomic mass is 16.6. The Bertz CT molecular complexity index is 1550. The van der Waals surface area contributed by atoms with Gasteiger partial charge in [0.15, 0.2) is 0 Å². The molecule has 0 bridgehead atoms. The molecule has 3 aromatic carbocycles. The number of benzene rings is 3. The van der Waals surface area contributed by atoms with Crippen molar-refractivity contribution in [3.8, 4) is 0 Å². The van der Waals surface area contributed by atoms with E-state index in [4.69, 9.17) is 0 Å². The van der Waals surface area contributed by atoms with Gasteiger partial charge in [0, 0.05) is 0 Å². The molecule has 0 amide bonds. The minimum atomic E-state index is -0.873. The second-order valence-electron chi connectivity index (χ2n) is 9.95. The minimum Gasteiger partial charge on any atom is -0.469 e. The molecule has 286 valence electrons. The summed E-state index contributed by atoms with van der Waals surface area (Å²) >= 11 is 0. The molecule has 0 aliphatic heterocycles. The first kappa shape index (κ1) is 46.4. The van der Waals surface area contributed by atoms with Gasteiger partial charge in [-0.1, -0.05) is 35.4 Å². The molecular formula is C37H42O16. The van der Waals surface area contributed by atoms with Crippen LogP contribution in [0, 0.1) is 13.8 Å². The standard InChI is InChI=1S/C14H14O8.C10H10O4.C8H10.C5H8O4/c1-19-11(15)7-5-9(13(17)21-3)10(14(18)22-4)6-8(7)12(16)20-2;1-13-9(11)7-3-5-8(6-4-7)10(12)14-2;1-7-3-5-8(2)6-4-7;1-8-4(6)3-5(7)9-2/h5-6H,1-4H3;3-6H,1-2H3;3-6H,1-2H3;3H2,1-2H3. The number of esters is 8. The van der Waals surface area contributed by atoms with Gasteiger partial charge in [0.2, 0.25) is 0 Å². The Balaban J connectivity index is 0.000000743. The van der Waals surface area contributed by atoms with Crippen molar-refractivity contribution in [1.29, 1.82) is 0 Å². The summed E-state index contributed by atoms with van der Waals surface area (Å²) in [5, 5.41) is 0. The monoisotopic (exact) mass is 742 g/mol. The Kier molecular flexibility index (Phi) is 21.5. The van der Waals surface area contributed by atoms with Crippen molar-refractivity contribution < 1.29 is 76.3 Å². The van der Waals surface area contributed by atoms with Gasteiger partial charge in [-0.25, -0.2) is 28.8 Å². The molecule has 0 heterocycles. The van der Waals surface area contributed by atoms with Crippen LogP contribution < -0.4 is 0 Å². The molecule has 3 aromatic rings. The fourth-order valence-electron chi connectivity index (χ4n) is 3.59.